The van der Waals surface area contributed by atoms with Gasteiger partial charge in [-0.2, -0.15) is 0 Å². The second-order valence-corrected chi connectivity index (χ2v) is 8.13. The predicted molar refractivity (Wildman–Crippen MR) is 119 cm³/mol. The van der Waals surface area contributed by atoms with Gasteiger partial charge in [0, 0.05) is 5.92 Å². The van der Waals surface area contributed by atoms with Gasteiger partial charge in [0.1, 0.15) is 6.61 Å². The Balaban J connectivity index is 1.57. The lowest BCUT2D eigenvalue weighted by Crippen LogP contribution is -2.36. The smallest absolute Gasteiger partial charge is 0.322 e. The van der Waals surface area contributed by atoms with E-state index in [1.165, 1.54) is 0 Å². The number of esters is 1. The van der Waals surface area contributed by atoms with Crippen LogP contribution in [0.1, 0.15) is 28.7 Å². The summed E-state index contributed by atoms with van der Waals surface area (Å²) in [5.74, 6) is -4.11. The Hall–Kier alpha value is -2.86. The number of carboxylic acids is 1. The number of carbonyl (C=O) groups excluding carboxylic acids is 1. The molecule has 31 heavy (non-hydrogen) atoms. The molecule has 0 saturated heterocycles. The van der Waals surface area contributed by atoms with E-state index in [1.807, 2.05) is 48.5 Å². The van der Waals surface area contributed by atoms with Crippen LogP contribution in [-0.4, -0.2) is 23.7 Å². The number of fused-ring (bicyclic) bond motifs is 3. The standard InChI is InChI=1S/C24H19Cl2NO4/c25-19-11-5-10-17(21(19)26)22(27)20(23(28)29)24(30)31-12-18-15-8-3-1-6-13(15)14-7-2-4-9-16(14)18/h1-11,18,20,22H,12,27H2,(H,28,29)/t20-,22?/m1/s1. The summed E-state index contributed by atoms with van der Waals surface area (Å²) in [5.41, 5.74) is 10.6. The molecule has 3 aromatic carbocycles. The Kier molecular flexibility index (Phi) is 6.01. The Morgan fingerprint density at radius 1 is 0.935 bits per heavy atom. The van der Waals surface area contributed by atoms with Crippen LogP contribution in [0.25, 0.3) is 11.1 Å². The molecule has 5 nitrogen and oxygen atoms in total. The minimum absolute atomic E-state index is 0.00659. The number of nitrogens with two attached hydrogens (primary N) is 1. The highest BCUT2D eigenvalue weighted by Gasteiger charge is 2.37. The van der Waals surface area contributed by atoms with Crippen molar-refractivity contribution in [1.82, 2.24) is 0 Å². The maximum absolute atomic E-state index is 12.8. The summed E-state index contributed by atoms with van der Waals surface area (Å²) in [4.78, 5) is 24.7. The van der Waals surface area contributed by atoms with Crippen LogP contribution in [0.5, 0.6) is 0 Å². The third kappa shape index (κ3) is 3.92. The number of hydrogen-bond acceptors (Lipinski definition) is 4. The van der Waals surface area contributed by atoms with Crippen molar-refractivity contribution in [2.45, 2.75) is 12.0 Å². The van der Waals surface area contributed by atoms with Gasteiger partial charge in [-0.3, -0.25) is 9.59 Å². The van der Waals surface area contributed by atoms with Crippen LogP contribution >= 0.6 is 23.2 Å². The van der Waals surface area contributed by atoms with E-state index in [1.54, 1.807) is 18.2 Å². The molecule has 0 aromatic heterocycles. The lowest BCUT2D eigenvalue weighted by Gasteiger charge is -2.22. The highest BCUT2D eigenvalue weighted by atomic mass is 35.5. The first-order chi connectivity index (χ1) is 14.9. The zero-order valence-corrected chi connectivity index (χ0v) is 17.8. The number of rotatable bonds is 6. The molecule has 158 valence electrons. The SMILES string of the molecule is NC(c1cccc(Cl)c1Cl)[C@H](C(=O)O)C(=O)OCC1c2ccccc2-c2ccccc21. The molecule has 1 aliphatic carbocycles. The van der Waals surface area contributed by atoms with Gasteiger partial charge in [0.25, 0.3) is 0 Å². The van der Waals surface area contributed by atoms with Gasteiger partial charge in [0.2, 0.25) is 0 Å². The summed E-state index contributed by atoms with van der Waals surface area (Å²) >= 11 is 12.2. The van der Waals surface area contributed by atoms with Crippen LogP contribution in [-0.2, 0) is 14.3 Å². The number of hydrogen-bond donors (Lipinski definition) is 2. The van der Waals surface area contributed by atoms with Gasteiger partial charge in [-0.1, -0.05) is 83.9 Å². The molecule has 0 saturated carbocycles. The van der Waals surface area contributed by atoms with E-state index in [-0.39, 0.29) is 28.1 Å². The van der Waals surface area contributed by atoms with Crippen molar-refractivity contribution in [1.29, 1.82) is 0 Å². The fraction of sp³-hybridized carbons (Fsp3) is 0.167. The molecule has 7 heteroatoms. The molecule has 2 atom stereocenters. The van der Waals surface area contributed by atoms with E-state index >= 15 is 0 Å². The van der Waals surface area contributed by atoms with E-state index in [4.69, 9.17) is 33.7 Å². The van der Waals surface area contributed by atoms with Gasteiger partial charge in [-0.15, -0.1) is 0 Å². The molecule has 0 spiro atoms. The van der Waals surface area contributed by atoms with Crippen LogP contribution in [0.2, 0.25) is 10.0 Å². The largest absolute Gasteiger partial charge is 0.481 e. The van der Waals surface area contributed by atoms with Gasteiger partial charge in [-0.05, 0) is 33.9 Å². The first-order valence-electron chi connectivity index (χ1n) is 9.67. The molecule has 4 rings (SSSR count). The average Bonchev–Trinajstić information content (AvgIpc) is 3.08. The molecule has 0 bridgehead atoms. The lowest BCUT2D eigenvalue weighted by atomic mass is 9.93. The van der Waals surface area contributed by atoms with Gasteiger partial charge in [0.15, 0.2) is 5.92 Å². The normalized spacial score (nSPS) is 14.4. The molecule has 0 radical (unpaired) electrons. The maximum atomic E-state index is 12.8. The molecule has 1 unspecified atom stereocenters. The minimum atomic E-state index is -1.62. The summed E-state index contributed by atoms with van der Waals surface area (Å²) in [7, 11) is 0. The second-order valence-electron chi connectivity index (χ2n) is 7.34. The summed E-state index contributed by atoms with van der Waals surface area (Å²) in [6.45, 7) is 0.00659. The number of carbonyl (C=O) groups is 2. The van der Waals surface area contributed by atoms with Gasteiger partial charge < -0.3 is 15.6 Å². The predicted octanol–water partition coefficient (Wildman–Crippen LogP) is 5.05. The molecule has 0 fully saturated rings. The van der Waals surface area contributed by atoms with Crippen molar-refractivity contribution >= 4 is 35.1 Å². The van der Waals surface area contributed by atoms with Crippen molar-refractivity contribution in [3.63, 3.8) is 0 Å². The number of benzene rings is 3. The fourth-order valence-corrected chi connectivity index (χ4v) is 4.49. The second kappa shape index (κ2) is 8.71. The van der Waals surface area contributed by atoms with Gasteiger partial charge >= 0.3 is 11.9 Å². The molecule has 0 amide bonds. The molecule has 1 aliphatic rings. The Morgan fingerprint density at radius 3 is 2.10 bits per heavy atom. The van der Waals surface area contributed by atoms with Crippen LogP contribution in [0, 0.1) is 5.92 Å². The van der Waals surface area contributed by atoms with E-state index in [9.17, 15) is 14.7 Å². The Bertz CT molecular complexity index is 1120. The summed E-state index contributed by atoms with van der Waals surface area (Å²) < 4.78 is 5.50. The van der Waals surface area contributed by atoms with Gasteiger partial charge in [-0.25, -0.2) is 0 Å². The zero-order chi connectivity index (χ0) is 22.1. The zero-order valence-electron chi connectivity index (χ0n) is 16.3. The van der Waals surface area contributed by atoms with Gasteiger partial charge in [0.05, 0.1) is 16.1 Å². The van der Waals surface area contributed by atoms with Crippen molar-refractivity contribution in [3.8, 4) is 11.1 Å². The molecular weight excluding hydrogens is 437 g/mol. The quantitative estimate of drug-likeness (QED) is 0.400. The van der Waals surface area contributed by atoms with E-state index in [0.29, 0.717) is 0 Å². The topological polar surface area (TPSA) is 89.6 Å². The third-order valence-corrected chi connectivity index (χ3v) is 6.41. The average molecular weight is 456 g/mol. The summed E-state index contributed by atoms with van der Waals surface area (Å²) in [5, 5.41) is 10.0. The number of carboxylic acid groups (broad SMARTS) is 1. The molecule has 3 aromatic rings. The summed E-state index contributed by atoms with van der Waals surface area (Å²) in [6.07, 6.45) is 0. The molecule has 3 N–H and O–H groups in total. The lowest BCUT2D eigenvalue weighted by molar-refractivity contribution is -0.160. The van der Waals surface area contributed by atoms with Crippen molar-refractivity contribution < 1.29 is 19.4 Å². The first-order valence-corrected chi connectivity index (χ1v) is 10.4. The minimum Gasteiger partial charge on any atom is -0.481 e. The first kappa shape index (κ1) is 21.4. The fourth-order valence-electron chi connectivity index (χ4n) is 4.05. The molecular formula is C24H19Cl2NO4. The third-order valence-electron chi connectivity index (χ3n) is 5.57. The number of halogens is 2. The molecule has 0 heterocycles. The summed E-state index contributed by atoms with van der Waals surface area (Å²) in [6, 6.07) is 19.3. The monoisotopic (exact) mass is 455 g/mol. The van der Waals surface area contributed by atoms with E-state index in [2.05, 4.69) is 0 Å². The Morgan fingerprint density at radius 2 is 1.52 bits per heavy atom. The number of aliphatic carboxylic acids is 1. The Labute approximate surface area is 189 Å². The molecule has 0 aliphatic heterocycles. The van der Waals surface area contributed by atoms with Crippen LogP contribution in [0.3, 0.4) is 0 Å². The van der Waals surface area contributed by atoms with Crippen molar-refractivity contribution in [3.05, 3.63) is 93.5 Å². The van der Waals surface area contributed by atoms with Crippen molar-refractivity contribution in [2.75, 3.05) is 6.61 Å². The van der Waals surface area contributed by atoms with Crippen LogP contribution in [0.4, 0.5) is 0 Å². The highest BCUT2D eigenvalue weighted by molar-refractivity contribution is 6.42. The van der Waals surface area contributed by atoms with E-state index in [0.717, 1.165) is 22.3 Å². The van der Waals surface area contributed by atoms with E-state index < -0.39 is 23.9 Å². The number of ether oxygens (including phenoxy) is 1. The highest BCUT2D eigenvalue weighted by Crippen LogP contribution is 2.44. The van der Waals surface area contributed by atoms with Crippen molar-refractivity contribution in [2.24, 2.45) is 11.7 Å². The maximum Gasteiger partial charge on any atom is 0.322 e. The van der Waals surface area contributed by atoms with Crippen LogP contribution in [0.15, 0.2) is 66.7 Å². The van der Waals surface area contributed by atoms with Crippen LogP contribution < -0.4 is 5.73 Å².